The van der Waals surface area contributed by atoms with Crippen LogP contribution in [0.4, 0.5) is 0 Å². The summed E-state index contributed by atoms with van der Waals surface area (Å²) in [4.78, 5) is 6.45. The van der Waals surface area contributed by atoms with Crippen LogP contribution >= 0.6 is 0 Å². The van der Waals surface area contributed by atoms with Crippen LogP contribution in [0.3, 0.4) is 0 Å². The van der Waals surface area contributed by atoms with E-state index in [4.69, 9.17) is 0 Å². The first-order valence-electron chi connectivity index (χ1n) is 7.48. The zero-order valence-electron chi connectivity index (χ0n) is 12.1. The quantitative estimate of drug-likeness (QED) is 0.886. The topological polar surface area (TPSA) is 36.4 Å². The van der Waals surface area contributed by atoms with Crippen molar-refractivity contribution < 1.29 is 5.11 Å². The number of pyridine rings is 1. The summed E-state index contributed by atoms with van der Waals surface area (Å²) in [5, 5.41) is 10.2. The fourth-order valence-corrected chi connectivity index (χ4v) is 3.26. The highest BCUT2D eigenvalue weighted by atomic mass is 16.3. The lowest BCUT2D eigenvalue weighted by atomic mass is 9.81. The van der Waals surface area contributed by atoms with Crippen LogP contribution in [0.5, 0.6) is 0 Å². The summed E-state index contributed by atoms with van der Waals surface area (Å²) in [5.41, 5.74) is 1.22. The van der Waals surface area contributed by atoms with Crippen LogP contribution in [0, 0.1) is 5.92 Å². The van der Waals surface area contributed by atoms with Crippen LogP contribution in [-0.4, -0.2) is 34.2 Å². The number of aromatic nitrogens is 1. The lowest BCUT2D eigenvalue weighted by molar-refractivity contribution is 0.00954. The number of likely N-dealkylation sites (N-methyl/N-ethyl adjacent to an activating group) is 1. The molecule has 0 radical (unpaired) electrons. The molecule has 0 aliphatic heterocycles. The van der Waals surface area contributed by atoms with Crippen LogP contribution in [0.2, 0.25) is 0 Å². The molecule has 2 rings (SSSR count). The second-order valence-electron chi connectivity index (χ2n) is 5.88. The summed E-state index contributed by atoms with van der Waals surface area (Å²) in [6, 6.07) is 4.37. The van der Waals surface area contributed by atoms with Gasteiger partial charge in [-0.2, -0.15) is 0 Å². The summed E-state index contributed by atoms with van der Waals surface area (Å²) in [6.45, 7) is 3.12. The van der Waals surface area contributed by atoms with Gasteiger partial charge in [-0.15, -0.1) is 0 Å². The summed E-state index contributed by atoms with van der Waals surface area (Å²) in [5.74, 6) is 0.787. The first-order valence-corrected chi connectivity index (χ1v) is 7.48. The van der Waals surface area contributed by atoms with Crippen LogP contribution in [0.15, 0.2) is 24.5 Å². The third-order valence-electron chi connectivity index (χ3n) is 4.31. The fraction of sp³-hybridized carbons (Fsp3) is 0.688. The minimum atomic E-state index is -0.172. The summed E-state index contributed by atoms with van der Waals surface area (Å²) in [7, 11) is 2.12. The molecule has 0 bridgehead atoms. The highest BCUT2D eigenvalue weighted by molar-refractivity contribution is 5.08. The van der Waals surface area contributed by atoms with Crippen LogP contribution in [0.1, 0.15) is 44.6 Å². The standard InChI is InChI=1S/C16H26N2O/c1-3-5-13-7-8-16(19)15(10-13)18(2)12-14-6-4-9-17-11-14/h4,6,9,11,13,15-16,19H,3,5,7-8,10,12H2,1-2H3. The predicted octanol–water partition coefficient (Wildman–Crippen LogP) is 2.84. The maximum absolute atomic E-state index is 10.2. The van der Waals surface area contributed by atoms with E-state index in [2.05, 4.69) is 29.9 Å². The second kappa shape index (κ2) is 7.01. The average Bonchev–Trinajstić information content (AvgIpc) is 2.42. The van der Waals surface area contributed by atoms with E-state index in [0.717, 1.165) is 25.3 Å². The zero-order chi connectivity index (χ0) is 13.7. The van der Waals surface area contributed by atoms with Gasteiger partial charge in [0.2, 0.25) is 0 Å². The Morgan fingerprint density at radius 2 is 2.26 bits per heavy atom. The fourth-order valence-electron chi connectivity index (χ4n) is 3.26. The molecule has 19 heavy (non-hydrogen) atoms. The Balaban J connectivity index is 1.94. The van der Waals surface area contributed by atoms with Crippen molar-refractivity contribution in [1.82, 2.24) is 9.88 Å². The highest BCUT2D eigenvalue weighted by Gasteiger charge is 2.31. The maximum atomic E-state index is 10.2. The Morgan fingerprint density at radius 1 is 1.42 bits per heavy atom. The second-order valence-corrected chi connectivity index (χ2v) is 5.88. The SMILES string of the molecule is CCCC1CCC(O)C(N(C)Cc2cccnc2)C1. The molecule has 0 spiro atoms. The normalized spacial score (nSPS) is 27.7. The zero-order valence-corrected chi connectivity index (χ0v) is 12.1. The van der Waals surface area contributed by atoms with Gasteiger partial charge in [-0.05, 0) is 43.9 Å². The third kappa shape index (κ3) is 4.02. The van der Waals surface area contributed by atoms with E-state index >= 15 is 0 Å². The Kier molecular flexibility index (Phi) is 5.34. The van der Waals surface area contributed by atoms with Crippen LogP contribution < -0.4 is 0 Å². The first-order chi connectivity index (χ1) is 9.20. The molecule has 1 N–H and O–H groups in total. The van der Waals surface area contributed by atoms with E-state index < -0.39 is 0 Å². The van der Waals surface area contributed by atoms with Crippen molar-refractivity contribution in [2.45, 2.75) is 57.7 Å². The van der Waals surface area contributed by atoms with E-state index in [9.17, 15) is 5.11 Å². The summed E-state index contributed by atoms with van der Waals surface area (Å²) >= 11 is 0. The van der Waals surface area contributed by atoms with Crippen molar-refractivity contribution in [1.29, 1.82) is 0 Å². The van der Waals surface area contributed by atoms with Gasteiger partial charge in [-0.25, -0.2) is 0 Å². The molecule has 3 nitrogen and oxygen atoms in total. The van der Waals surface area contributed by atoms with Gasteiger partial charge in [0.15, 0.2) is 0 Å². The summed E-state index contributed by atoms with van der Waals surface area (Å²) in [6.07, 6.45) is 9.36. The molecule has 1 aromatic heterocycles. The van der Waals surface area contributed by atoms with E-state index in [1.165, 1.54) is 24.8 Å². The highest BCUT2D eigenvalue weighted by Crippen LogP contribution is 2.31. The molecule has 1 aromatic rings. The van der Waals surface area contributed by atoms with Gasteiger partial charge in [-0.3, -0.25) is 9.88 Å². The number of aliphatic hydroxyl groups excluding tert-OH is 1. The number of hydrogen-bond donors (Lipinski definition) is 1. The molecule has 1 fully saturated rings. The van der Waals surface area contributed by atoms with E-state index in [0.29, 0.717) is 6.04 Å². The van der Waals surface area contributed by atoms with Gasteiger partial charge in [0.1, 0.15) is 0 Å². The minimum Gasteiger partial charge on any atom is -0.391 e. The predicted molar refractivity (Wildman–Crippen MR) is 77.7 cm³/mol. The largest absolute Gasteiger partial charge is 0.391 e. The molecule has 3 atom stereocenters. The van der Waals surface area contributed by atoms with Gasteiger partial charge in [0, 0.05) is 25.0 Å². The molecule has 0 amide bonds. The number of hydrogen-bond acceptors (Lipinski definition) is 3. The van der Waals surface area contributed by atoms with Crippen LogP contribution in [0.25, 0.3) is 0 Å². The molecule has 106 valence electrons. The number of aliphatic hydroxyl groups is 1. The lowest BCUT2D eigenvalue weighted by Gasteiger charge is -2.39. The van der Waals surface area contributed by atoms with Crippen molar-refractivity contribution in [2.75, 3.05) is 7.05 Å². The van der Waals surface area contributed by atoms with Crippen molar-refractivity contribution in [2.24, 2.45) is 5.92 Å². The molecule has 0 saturated heterocycles. The molecule has 1 aliphatic rings. The molecule has 0 aromatic carbocycles. The number of rotatable bonds is 5. The molecule has 1 heterocycles. The smallest absolute Gasteiger partial charge is 0.0695 e. The van der Waals surface area contributed by atoms with E-state index in [1.807, 2.05) is 12.3 Å². The Morgan fingerprint density at radius 3 is 2.95 bits per heavy atom. The van der Waals surface area contributed by atoms with Crippen LogP contribution in [-0.2, 0) is 6.54 Å². The lowest BCUT2D eigenvalue weighted by Crippen LogP contribution is -2.45. The van der Waals surface area contributed by atoms with Gasteiger partial charge in [-0.1, -0.05) is 25.8 Å². The van der Waals surface area contributed by atoms with Crippen molar-refractivity contribution >= 4 is 0 Å². The van der Waals surface area contributed by atoms with Gasteiger partial charge < -0.3 is 5.11 Å². The third-order valence-corrected chi connectivity index (χ3v) is 4.31. The Hall–Kier alpha value is -0.930. The van der Waals surface area contributed by atoms with Crippen molar-refractivity contribution in [3.63, 3.8) is 0 Å². The Labute approximate surface area is 116 Å². The number of nitrogens with zero attached hydrogens (tertiary/aromatic N) is 2. The molecule has 3 heteroatoms. The molecule has 3 unspecified atom stereocenters. The van der Waals surface area contributed by atoms with E-state index in [-0.39, 0.29) is 6.10 Å². The molecular formula is C16H26N2O. The van der Waals surface area contributed by atoms with Crippen molar-refractivity contribution in [3.05, 3.63) is 30.1 Å². The van der Waals surface area contributed by atoms with Gasteiger partial charge >= 0.3 is 0 Å². The summed E-state index contributed by atoms with van der Waals surface area (Å²) < 4.78 is 0. The average molecular weight is 262 g/mol. The maximum Gasteiger partial charge on any atom is 0.0695 e. The molecular weight excluding hydrogens is 236 g/mol. The molecule has 1 saturated carbocycles. The van der Waals surface area contributed by atoms with Crippen molar-refractivity contribution in [3.8, 4) is 0 Å². The first kappa shape index (κ1) is 14.5. The minimum absolute atomic E-state index is 0.172. The monoisotopic (exact) mass is 262 g/mol. The van der Waals surface area contributed by atoms with E-state index in [1.54, 1.807) is 6.20 Å². The van der Waals surface area contributed by atoms with Gasteiger partial charge in [0.05, 0.1) is 6.10 Å². The van der Waals surface area contributed by atoms with Gasteiger partial charge in [0.25, 0.3) is 0 Å². The Bertz CT molecular complexity index is 368. The molecule has 1 aliphatic carbocycles.